The molecule has 1 aromatic carbocycles. The van der Waals surface area contributed by atoms with Crippen LogP contribution < -0.4 is 10.6 Å². The van der Waals surface area contributed by atoms with Gasteiger partial charge in [-0.2, -0.15) is 13.2 Å². The van der Waals surface area contributed by atoms with E-state index in [4.69, 9.17) is 5.73 Å². The molecule has 0 amide bonds. The van der Waals surface area contributed by atoms with Gasteiger partial charge < -0.3 is 10.6 Å². The van der Waals surface area contributed by atoms with Crippen LogP contribution in [0.15, 0.2) is 53.7 Å². The molecule has 0 aliphatic carbocycles. The van der Waals surface area contributed by atoms with Crippen LogP contribution in [0.1, 0.15) is 19.4 Å². The number of hydrogen-bond acceptors (Lipinski definition) is 2. The highest BCUT2D eigenvalue weighted by Crippen LogP contribution is 2.31. The Morgan fingerprint density at radius 3 is 2.36 bits per heavy atom. The third-order valence-corrected chi connectivity index (χ3v) is 2.90. The maximum absolute atomic E-state index is 12.6. The molecule has 2 N–H and O–H groups in total. The Kier molecular flexibility index (Phi) is 6.22. The number of allylic oxidation sites excluding steroid dienone is 2. The van der Waals surface area contributed by atoms with Gasteiger partial charge in [0.1, 0.15) is 0 Å². The van der Waals surface area contributed by atoms with Gasteiger partial charge >= 0.3 is 6.18 Å². The van der Waals surface area contributed by atoms with Gasteiger partial charge in [0, 0.05) is 17.9 Å². The first kappa shape index (κ1) is 17.8. The van der Waals surface area contributed by atoms with Crippen LogP contribution >= 0.6 is 0 Å². The van der Waals surface area contributed by atoms with E-state index in [2.05, 4.69) is 11.6 Å². The first-order valence-electron chi connectivity index (χ1n) is 6.78. The number of amidine groups is 1. The number of benzene rings is 1. The molecule has 0 spiro atoms. The molecule has 0 bridgehead atoms. The van der Waals surface area contributed by atoms with Crippen LogP contribution in [0.2, 0.25) is 0 Å². The van der Waals surface area contributed by atoms with Crippen LogP contribution in [0.25, 0.3) is 0 Å². The van der Waals surface area contributed by atoms with Gasteiger partial charge in [-0.1, -0.05) is 12.7 Å². The summed E-state index contributed by atoms with van der Waals surface area (Å²) in [4.78, 5) is 5.89. The van der Waals surface area contributed by atoms with Crippen molar-refractivity contribution >= 4 is 11.5 Å². The maximum Gasteiger partial charge on any atom is 0.416 e. The quantitative estimate of drug-likeness (QED) is 0.490. The molecule has 1 rings (SSSR count). The zero-order valence-corrected chi connectivity index (χ0v) is 12.7. The normalized spacial score (nSPS) is 12.7. The molecular formula is C16H20F3N3. The predicted octanol–water partition coefficient (Wildman–Crippen LogP) is 3.98. The number of hydrogen-bond donors (Lipinski definition) is 1. The Bertz CT molecular complexity index is 553. The van der Waals surface area contributed by atoms with Crippen molar-refractivity contribution < 1.29 is 13.2 Å². The largest absolute Gasteiger partial charge is 0.416 e. The van der Waals surface area contributed by atoms with Crippen LogP contribution in [0, 0.1) is 0 Å². The third-order valence-electron chi connectivity index (χ3n) is 2.90. The number of alkyl halides is 3. The standard InChI is InChI=1S/C16H20F3N3/c1-4-5-12(2)22(11-10-21-13(3)20)15-8-6-14(7-9-15)16(17,18)19/h4-9H,2,10-11H2,1,3H3,(H2,20,21)/b5-4-. The van der Waals surface area contributed by atoms with Crippen molar-refractivity contribution in [3.63, 3.8) is 0 Å². The Hall–Kier alpha value is -2.24. The van der Waals surface area contributed by atoms with Crippen LogP contribution in [-0.2, 0) is 6.18 Å². The zero-order valence-electron chi connectivity index (χ0n) is 12.7. The van der Waals surface area contributed by atoms with Crippen LogP contribution in [0.3, 0.4) is 0 Å². The summed E-state index contributed by atoms with van der Waals surface area (Å²) in [7, 11) is 0. The van der Waals surface area contributed by atoms with Crippen molar-refractivity contribution in [2.24, 2.45) is 10.7 Å². The average Bonchev–Trinajstić information content (AvgIpc) is 2.43. The monoisotopic (exact) mass is 311 g/mol. The molecule has 120 valence electrons. The molecule has 0 atom stereocenters. The van der Waals surface area contributed by atoms with Crippen molar-refractivity contribution in [1.82, 2.24) is 0 Å². The third kappa shape index (κ3) is 5.27. The summed E-state index contributed by atoms with van der Waals surface area (Å²) in [5.41, 5.74) is 6.11. The van der Waals surface area contributed by atoms with Crippen LogP contribution in [0.4, 0.5) is 18.9 Å². The van der Waals surface area contributed by atoms with E-state index in [0.717, 1.165) is 12.1 Å². The minimum absolute atomic E-state index is 0.430. The lowest BCUT2D eigenvalue weighted by molar-refractivity contribution is -0.137. The van der Waals surface area contributed by atoms with Gasteiger partial charge in [-0.25, -0.2) is 0 Å². The molecule has 0 heterocycles. The first-order chi connectivity index (χ1) is 10.3. The van der Waals surface area contributed by atoms with E-state index in [1.807, 2.05) is 13.0 Å². The summed E-state index contributed by atoms with van der Waals surface area (Å²) < 4.78 is 37.9. The summed E-state index contributed by atoms with van der Waals surface area (Å²) in [6, 6.07) is 4.97. The number of nitrogens with zero attached hydrogens (tertiary/aromatic N) is 2. The molecule has 0 fully saturated rings. The molecule has 6 heteroatoms. The van der Waals surface area contributed by atoms with E-state index in [1.165, 1.54) is 12.1 Å². The van der Waals surface area contributed by atoms with Crippen molar-refractivity contribution in [2.45, 2.75) is 20.0 Å². The molecule has 3 nitrogen and oxygen atoms in total. The lowest BCUT2D eigenvalue weighted by Crippen LogP contribution is -2.25. The van der Waals surface area contributed by atoms with Crippen LogP contribution in [0.5, 0.6) is 0 Å². The van der Waals surface area contributed by atoms with Gasteiger partial charge in [-0.15, -0.1) is 0 Å². The molecule has 22 heavy (non-hydrogen) atoms. The fraction of sp³-hybridized carbons (Fsp3) is 0.312. The van der Waals surface area contributed by atoms with Gasteiger partial charge in [0.25, 0.3) is 0 Å². The van der Waals surface area contributed by atoms with Crippen molar-refractivity contribution in [2.75, 3.05) is 18.0 Å². The lowest BCUT2D eigenvalue weighted by Gasteiger charge is -2.25. The fourth-order valence-electron chi connectivity index (χ4n) is 1.88. The summed E-state index contributed by atoms with van der Waals surface area (Å²) in [6.07, 6.45) is -0.738. The van der Waals surface area contributed by atoms with E-state index in [1.54, 1.807) is 17.9 Å². The second-order valence-corrected chi connectivity index (χ2v) is 4.71. The smallest absolute Gasteiger partial charge is 0.388 e. The van der Waals surface area contributed by atoms with Crippen molar-refractivity contribution in [3.05, 3.63) is 54.3 Å². The van der Waals surface area contributed by atoms with Gasteiger partial charge in [-0.05, 0) is 44.2 Å². The number of halogens is 3. The predicted molar refractivity (Wildman–Crippen MR) is 84.9 cm³/mol. The SMILES string of the molecule is C=C(/C=C\C)N(CCN=C(C)N)c1ccc(C(F)(F)F)cc1. The molecule has 0 aliphatic rings. The Morgan fingerprint density at radius 1 is 1.32 bits per heavy atom. The number of anilines is 1. The van der Waals surface area contributed by atoms with E-state index < -0.39 is 11.7 Å². The summed E-state index contributed by atoms with van der Waals surface area (Å²) in [5.74, 6) is 0.462. The topological polar surface area (TPSA) is 41.6 Å². The van der Waals surface area contributed by atoms with Gasteiger partial charge in [0.05, 0.1) is 17.9 Å². The summed E-state index contributed by atoms with van der Waals surface area (Å²) in [6.45, 7) is 8.36. The molecule has 0 saturated heterocycles. The molecule has 1 aromatic rings. The number of aliphatic imine (C=N–C) groups is 1. The minimum atomic E-state index is -4.34. The van der Waals surface area contributed by atoms with E-state index >= 15 is 0 Å². The van der Waals surface area contributed by atoms with Gasteiger partial charge in [0.2, 0.25) is 0 Å². The highest BCUT2D eigenvalue weighted by molar-refractivity contribution is 5.77. The molecule has 0 aliphatic heterocycles. The van der Waals surface area contributed by atoms with Crippen molar-refractivity contribution in [1.29, 1.82) is 0 Å². The molecule has 0 radical (unpaired) electrons. The molecular weight excluding hydrogens is 291 g/mol. The second kappa shape index (κ2) is 7.68. The van der Waals surface area contributed by atoms with Crippen LogP contribution in [-0.4, -0.2) is 18.9 Å². The number of rotatable bonds is 6. The highest BCUT2D eigenvalue weighted by atomic mass is 19.4. The van der Waals surface area contributed by atoms with Crippen molar-refractivity contribution in [3.8, 4) is 0 Å². The Morgan fingerprint density at radius 2 is 1.91 bits per heavy atom. The summed E-state index contributed by atoms with van der Waals surface area (Å²) in [5, 5.41) is 0. The molecule has 0 saturated carbocycles. The molecule has 0 aromatic heterocycles. The lowest BCUT2D eigenvalue weighted by atomic mass is 10.1. The Balaban J connectivity index is 3.00. The zero-order chi connectivity index (χ0) is 16.8. The maximum atomic E-state index is 12.6. The van der Waals surface area contributed by atoms with E-state index in [9.17, 15) is 13.2 Å². The van der Waals surface area contributed by atoms with E-state index in [-0.39, 0.29) is 0 Å². The number of nitrogens with two attached hydrogens (primary N) is 1. The second-order valence-electron chi connectivity index (χ2n) is 4.71. The average molecular weight is 311 g/mol. The molecule has 0 unspecified atom stereocenters. The minimum Gasteiger partial charge on any atom is -0.388 e. The van der Waals surface area contributed by atoms with Gasteiger partial charge in [0.15, 0.2) is 0 Å². The first-order valence-corrected chi connectivity index (χ1v) is 6.78. The Labute approximate surface area is 128 Å². The van der Waals surface area contributed by atoms with Gasteiger partial charge in [-0.3, -0.25) is 4.99 Å². The highest BCUT2D eigenvalue weighted by Gasteiger charge is 2.30. The fourth-order valence-corrected chi connectivity index (χ4v) is 1.88. The van der Waals surface area contributed by atoms with E-state index in [0.29, 0.717) is 30.3 Å². The summed E-state index contributed by atoms with van der Waals surface area (Å²) >= 11 is 0.